The van der Waals surface area contributed by atoms with Crippen molar-refractivity contribution >= 4 is 5.91 Å². The fourth-order valence-electron chi connectivity index (χ4n) is 3.12. The minimum Gasteiger partial charge on any atom is -0.337 e. The SMILES string of the molecule is Cc1nn(-c2ccccc2)nc1C(=O)N1CCC(NC(C)C)CC1. The van der Waals surface area contributed by atoms with Crippen LogP contribution in [0.3, 0.4) is 0 Å². The van der Waals surface area contributed by atoms with E-state index in [2.05, 4.69) is 29.4 Å². The molecule has 1 N–H and O–H groups in total. The number of benzene rings is 1. The Kier molecular flexibility index (Phi) is 4.94. The van der Waals surface area contributed by atoms with E-state index in [0.717, 1.165) is 31.6 Å². The molecule has 128 valence electrons. The third-order valence-electron chi connectivity index (χ3n) is 4.32. The van der Waals surface area contributed by atoms with Crippen LogP contribution in [0.1, 0.15) is 42.9 Å². The summed E-state index contributed by atoms with van der Waals surface area (Å²) < 4.78 is 0. The third-order valence-corrected chi connectivity index (χ3v) is 4.32. The van der Waals surface area contributed by atoms with Crippen LogP contribution in [0.25, 0.3) is 5.69 Å². The van der Waals surface area contributed by atoms with Gasteiger partial charge in [0.15, 0.2) is 5.69 Å². The molecule has 3 rings (SSSR count). The number of hydrogen-bond acceptors (Lipinski definition) is 4. The molecule has 0 bridgehead atoms. The van der Waals surface area contributed by atoms with Gasteiger partial charge in [-0.15, -0.1) is 5.10 Å². The lowest BCUT2D eigenvalue weighted by Crippen LogP contribution is -2.46. The third kappa shape index (κ3) is 3.64. The van der Waals surface area contributed by atoms with Crippen molar-refractivity contribution in [2.75, 3.05) is 13.1 Å². The number of carbonyl (C=O) groups is 1. The first kappa shape index (κ1) is 16.6. The summed E-state index contributed by atoms with van der Waals surface area (Å²) in [5.74, 6) is -0.0160. The monoisotopic (exact) mass is 327 g/mol. The smallest absolute Gasteiger partial charge is 0.276 e. The fourth-order valence-corrected chi connectivity index (χ4v) is 3.12. The quantitative estimate of drug-likeness (QED) is 0.935. The normalized spacial score (nSPS) is 15.9. The number of likely N-dealkylation sites (tertiary alicyclic amines) is 1. The standard InChI is InChI=1S/C18H25N5O/c1-13(2)19-15-9-11-22(12-10-15)18(24)17-14(3)20-23(21-17)16-7-5-4-6-8-16/h4-8,13,15,19H,9-12H2,1-3H3. The summed E-state index contributed by atoms with van der Waals surface area (Å²) in [5.41, 5.74) is 1.99. The van der Waals surface area contributed by atoms with Gasteiger partial charge in [-0.05, 0) is 31.9 Å². The number of piperidine rings is 1. The molecule has 0 saturated carbocycles. The van der Waals surface area contributed by atoms with E-state index < -0.39 is 0 Å². The largest absolute Gasteiger partial charge is 0.337 e. The van der Waals surface area contributed by atoms with Gasteiger partial charge in [0.1, 0.15) is 0 Å². The number of nitrogens with zero attached hydrogens (tertiary/aromatic N) is 4. The highest BCUT2D eigenvalue weighted by molar-refractivity contribution is 5.93. The van der Waals surface area contributed by atoms with E-state index in [0.29, 0.717) is 23.5 Å². The Labute approximate surface area is 142 Å². The molecular weight excluding hydrogens is 302 g/mol. The van der Waals surface area contributed by atoms with Crippen molar-refractivity contribution in [3.05, 3.63) is 41.7 Å². The maximum atomic E-state index is 12.8. The second-order valence-corrected chi connectivity index (χ2v) is 6.65. The van der Waals surface area contributed by atoms with Crippen LogP contribution in [-0.4, -0.2) is 51.0 Å². The second kappa shape index (κ2) is 7.13. The van der Waals surface area contributed by atoms with Crippen molar-refractivity contribution < 1.29 is 4.79 Å². The molecule has 2 aromatic rings. The minimum atomic E-state index is -0.0160. The van der Waals surface area contributed by atoms with Gasteiger partial charge in [-0.1, -0.05) is 32.0 Å². The summed E-state index contributed by atoms with van der Waals surface area (Å²) in [6, 6.07) is 10.6. The topological polar surface area (TPSA) is 63.1 Å². The first-order valence-electron chi connectivity index (χ1n) is 8.59. The number of nitrogens with one attached hydrogen (secondary N) is 1. The van der Waals surface area contributed by atoms with Crippen LogP contribution in [0.5, 0.6) is 0 Å². The Bertz CT molecular complexity index is 687. The molecule has 1 aliphatic heterocycles. The lowest BCUT2D eigenvalue weighted by Gasteiger charge is -2.33. The molecule has 0 atom stereocenters. The first-order chi connectivity index (χ1) is 11.5. The molecular formula is C18H25N5O. The van der Waals surface area contributed by atoms with Crippen LogP contribution < -0.4 is 5.32 Å². The van der Waals surface area contributed by atoms with E-state index in [-0.39, 0.29) is 5.91 Å². The number of hydrogen-bond donors (Lipinski definition) is 1. The average molecular weight is 327 g/mol. The predicted octanol–water partition coefficient (Wildman–Crippen LogP) is 2.18. The molecule has 1 aromatic heterocycles. The van der Waals surface area contributed by atoms with Gasteiger partial charge in [0.25, 0.3) is 5.91 Å². The summed E-state index contributed by atoms with van der Waals surface area (Å²) in [6.07, 6.45) is 1.96. The van der Waals surface area contributed by atoms with E-state index in [9.17, 15) is 4.79 Å². The number of rotatable bonds is 4. The van der Waals surface area contributed by atoms with Crippen LogP contribution in [0.2, 0.25) is 0 Å². The molecule has 1 aromatic carbocycles. The van der Waals surface area contributed by atoms with Gasteiger partial charge in [-0.2, -0.15) is 9.90 Å². The maximum Gasteiger partial charge on any atom is 0.276 e. The summed E-state index contributed by atoms with van der Waals surface area (Å²) in [7, 11) is 0. The molecule has 6 nitrogen and oxygen atoms in total. The number of para-hydroxylation sites is 1. The zero-order valence-electron chi connectivity index (χ0n) is 14.6. The van der Waals surface area contributed by atoms with Crippen LogP contribution in [0.4, 0.5) is 0 Å². The van der Waals surface area contributed by atoms with Gasteiger partial charge in [-0.3, -0.25) is 4.79 Å². The Morgan fingerprint density at radius 2 is 1.83 bits per heavy atom. The van der Waals surface area contributed by atoms with Crippen molar-refractivity contribution in [1.29, 1.82) is 0 Å². The van der Waals surface area contributed by atoms with Gasteiger partial charge in [0.05, 0.1) is 11.4 Å². The number of aromatic nitrogens is 3. The average Bonchev–Trinajstić information content (AvgIpc) is 2.97. The van der Waals surface area contributed by atoms with Crippen molar-refractivity contribution in [2.24, 2.45) is 0 Å². The molecule has 1 saturated heterocycles. The molecule has 1 amide bonds. The van der Waals surface area contributed by atoms with E-state index in [1.54, 1.807) is 0 Å². The zero-order valence-corrected chi connectivity index (χ0v) is 14.6. The number of carbonyl (C=O) groups excluding carboxylic acids is 1. The molecule has 24 heavy (non-hydrogen) atoms. The number of amides is 1. The zero-order chi connectivity index (χ0) is 17.1. The highest BCUT2D eigenvalue weighted by atomic mass is 16.2. The van der Waals surface area contributed by atoms with Crippen LogP contribution in [-0.2, 0) is 0 Å². The molecule has 1 aliphatic rings. The molecule has 6 heteroatoms. The van der Waals surface area contributed by atoms with E-state index >= 15 is 0 Å². The summed E-state index contributed by atoms with van der Waals surface area (Å²) in [4.78, 5) is 16.2. The lowest BCUT2D eigenvalue weighted by atomic mass is 10.0. The summed E-state index contributed by atoms with van der Waals surface area (Å²) in [5, 5.41) is 12.4. The Morgan fingerprint density at radius 1 is 1.17 bits per heavy atom. The Morgan fingerprint density at radius 3 is 2.46 bits per heavy atom. The number of aryl methyl sites for hydroxylation is 1. The van der Waals surface area contributed by atoms with Crippen LogP contribution in [0.15, 0.2) is 30.3 Å². The molecule has 0 unspecified atom stereocenters. The predicted molar refractivity (Wildman–Crippen MR) is 93.3 cm³/mol. The van der Waals surface area contributed by atoms with Crippen LogP contribution >= 0.6 is 0 Å². The van der Waals surface area contributed by atoms with Crippen molar-refractivity contribution in [3.8, 4) is 5.69 Å². The highest BCUT2D eigenvalue weighted by Crippen LogP contribution is 2.16. The molecule has 0 aliphatic carbocycles. The van der Waals surface area contributed by atoms with Gasteiger partial charge >= 0.3 is 0 Å². The van der Waals surface area contributed by atoms with Gasteiger partial charge < -0.3 is 10.2 Å². The van der Waals surface area contributed by atoms with E-state index in [4.69, 9.17) is 0 Å². The molecule has 1 fully saturated rings. The highest BCUT2D eigenvalue weighted by Gasteiger charge is 2.27. The van der Waals surface area contributed by atoms with Crippen molar-refractivity contribution in [2.45, 2.75) is 45.7 Å². The molecule has 0 spiro atoms. The van der Waals surface area contributed by atoms with Gasteiger partial charge in [0.2, 0.25) is 0 Å². The van der Waals surface area contributed by atoms with E-state index in [1.165, 1.54) is 4.80 Å². The van der Waals surface area contributed by atoms with Gasteiger partial charge in [-0.25, -0.2) is 0 Å². The molecule has 0 radical (unpaired) electrons. The van der Waals surface area contributed by atoms with E-state index in [1.807, 2.05) is 42.2 Å². The minimum absolute atomic E-state index is 0.0160. The van der Waals surface area contributed by atoms with Crippen molar-refractivity contribution in [3.63, 3.8) is 0 Å². The fraction of sp³-hybridized carbons (Fsp3) is 0.500. The van der Waals surface area contributed by atoms with Gasteiger partial charge in [0, 0.05) is 25.2 Å². The van der Waals surface area contributed by atoms with Crippen LogP contribution in [0, 0.1) is 6.92 Å². The Hall–Kier alpha value is -2.21. The maximum absolute atomic E-state index is 12.8. The second-order valence-electron chi connectivity index (χ2n) is 6.65. The first-order valence-corrected chi connectivity index (χ1v) is 8.59. The summed E-state index contributed by atoms with van der Waals surface area (Å²) >= 11 is 0. The lowest BCUT2D eigenvalue weighted by molar-refractivity contribution is 0.0696. The molecule has 2 heterocycles. The Balaban J connectivity index is 1.69. The summed E-state index contributed by atoms with van der Waals surface area (Å²) in [6.45, 7) is 7.68. The van der Waals surface area contributed by atoms with Crippen molar-refractivity contribution in [1.82, 2.24) is 25.2 Å².